The molecule has 0 atom stereocenters. The number of rotatable bonds is 2. The number of aromatic amines is 1. The second-order valence-corrected chi connectivity index (χ2v) is 5.24. The average Bonchev–Trinajstić information content (AvgIpc) is 2.29. The van der Waals surface area contributed by atoms with Gasteiger partial charge < -0.3 is 5.11 Å². The third-order valence-electron chi connectivity index (χ3n) is 2.81. The van der Waals surface area contributed by atoms with Crippen LogP contribution in [0, 0.1) is 13.8 Å². The molecule has 2 rings (SSSR count). The monoisotopic (exact) mass is 338 g/mol. The number of H-pyrrole nitrogens is 1. The molecular formula is C13H11BrN2O4. The van der Waals surface area contributed by atoms with Crippen molar-refractivity contribution in [2.75, 3.05) is 0 Å². The zero-order valence-corrected chi connectivity index (χ0v) is 12.3. The van der Waals surface area contributed by atoms with Crippen molar-refractivity contribution in [3.63, 3.8) is 0 Å². The summed E-state index contributed by atoms with van der Waals surface area (Å²) in [6.45, 7) is 3.70. The summed E-state index contributed by atoms with van der Waals surface area (Å²) in [5.41, 5.74) is 0.180. The smallest absolute Gasteiger partial charge is 0.342 e. The maximum atomic E-state index is 11.9. The molecule has 0 aliphatic heterocycles. The Labute approximate surface area is 121 Å². The maximum absolute atomic E-state index is 11.9. The summed E-state index contributed by atoms with van der Waals surface area (Å²) in [6, 6.07) is 3.67. The molecule has 6 nitrogen and oxygen atoms in total. The third kappa shape index (κ3) is 2.44. The number of aryl methyl sites for hydroxylation is 2. The van der Waals surface area contributed by atoms with Crippen molar-refractivity contribution >= 4 is 21.9 Å². The Morgan fingerprint density at radius 3 is 2.50 bits per heavy atom. The molecule has 0 aliphatic carbocycles. The van der Waals surface area contributed by atoms with Gasteiger partial charge in [0.05, 0.1) is 5.69 Å². The maximum Gasteiger partial charge on any atom is 0.342 e. The summed E-state index contributed by atoms with van der Waals surface area (Å²) in [5, 5.41) is 8.96. The first-order valence-electron chi connectivity index (χ1n) is 5.67. The van der Waals surface area contributed by atoms with Gasteiger partial charge in [-0.05, 0) is 47.0 Å². The van der Waals surface area contributed by atoms with Gasteiger partial charge in [-0.1, -0.05) is 6.07 Å². The van der Waals surface area contributed by atoms with Gasteiger partial charge in [0, 0.05) is 10.7 Å². The number of carboxylic acids is 1. The van der Waals surface area contributed by atoms with E-state index in [4.69, 9.17) is 5.11 Å². The van der Waals surface area contributed by atoms with Crippen LogP contribution < -0.4 is 11.2 Å². The van der Waals surface area contributed by atoms with Crippen LogP contribution in [-0.2, 0) is 0 Å². The minimum atomic E-state index is -1.39. The summed E-state index contributed by atoms with van der Waals surface area (Å²) >= 11 is 3.35. The van der Waals surface area contributed by atoms with Gasteiger partial charge in [-0.15, -0.1) is 0 Å². The molecule has 0 bridgehead atoms. The molecule has 7 heteroatoms. The lowest BCUT2D eigenvalue weighted by Crippen LogP contribution is -2.32. The van der Waals surface area contributed by atoms with E-state index < -0.39 is 22.8 Å². The quantitative estimate of drug-likeness (QED) is 0.869. The van der Waals surface area contributed by atoms with E-state index in [1.807, 2.05) is 18.0 Å². The first-order valence-corrected chi connectivity index (χ1v) is 6.47. The fourth-order valence-electron chi connectivity index (χ4n) is 2.00. The number of hydrogen-bond acceptors (Lipinski definition) is 3. The van der Waals surface area contributed by atoms with Crippen molar-refractivity contribution in [1.29, 1.82) is 0 Å². The van der Waals surface area contributed by atoms with Crippen molar-refractivity contribution in [3.8, 4) is 5.69 Å². The molecule has 0 radical (unpaired) electrons. The molecule has 0 unspecified atom stereocenters. The van der Waals surface area contributed by atoms with Crippen LogP contribution in [0.1, 0.15) is 21.5 Å². The molecule has 1 heterocycles. The van der Waals surface area contributed by atoms with E-state index >= 15 is 0 Å². The van der Waals surface area contributed by atoms with Gasteiger partial charge in [0.15, 0.2) is 0 Å². The number of carboxylic acid groups (broad SMARTS) is 1. The summed E-state index contributed by atoms with van der Waals surface area (Å²) < 4.78 is 1.75. The predicted octanol–water partition coefficient (Wildman–Crippen LogP) is 1.60. The zero-order valence-electron chi connectivity index (χ0n) is 10.7. The molecule has 0 saturated heterocycles. The first kappa shape index (κ1) is 14.3. The van der Waals surface area contributed by atoms with E-state index in [9.17, 15) is 14.4 Å². The van der Waals surface area contributed by atoms with E-state index in [1.54, 1.807) is 13.0 Å². The van der Waals surface area contributed by atoms with Crippen molar-refractivity contribution < 1.29 is 9.90 Å². The first-order chi connectivity index (χ1) is 9.31. The largest absolute Gasteiger partial charge is 0.477 e. The SMILES string of the molecule is Cc1cc(C)c(-n2cc(C(=O)O)c(=O)[nH]c2=O)c(Br)c1. The molecule has 1 aromatic carbocycles. The van der Waals surface area contributed by atoms with Crippen LogP contribution in [0.4, 0.5) is 0 Å². The highest BCUT2D eigenvalue weighted by atomic mass is 79.9. The molecule has 0 amide bonds. The standard InChI is InChI=1S/C13H11BrN2O4/c1-6-3-7(2)10(9(14)4-6)16-5-8(12(18)19)11(17)15-13(16)20/h3-5H,1-2H3,(H,18,19)(H,15,17,20). The van der Waals surface area contributed by atoms with Gasteiger partial charge in [0.1, 0.15) is 5.56 Å². The van der Waals surface area contributed by atoms with Gasteiger partial charge in [0.2, 0.25) is 0 Å². The molecule has 1 aromatic heterocycles. The van der Waals surface area contributed by atoms with Crippen LogP contribution in [0.15, 0.2) is 32.4 Å². The molecule has 0 saturated carbocycles. The number of aromatic carboxylic acids is 1. The van der Waals surface area contributed by atoms with E-state index in [2.05, 4.69) is 15.9 Å². The number of nitrogens with one attached hydrogen (secondary N) is 1. The Balaban J connectivity index is 2.84. The molecule has 2 aromatic rings. The normalized spacial score (nSPS) is 10.6. The topological polar surface area (TPSA) is 92.2 Å². The number of aromatic nitrogens is 2. The Morgan fingerprint density at radius 2 is 1.95 bits per heavy atom. The summed E-state index contributed by atoms with van der Waals surface area (Å²) in [5.74, 6) is -1.39. The fourth-order valence-corrected chi connectivity index (χ4v) is 2.87. The van der Waals surface area contributed by atoms with Crippen molar-refractivity contribution in [2.24, 2.45) is 0 Å². The Kier molecular flexibility index (Phi) is 3.63. The number of carbonyl (C=O) groups is 1. The lowest BCUT2D eigenvalue weighted by molar-refractivity contribution is 0.0694. The molecule has 0 fully saturated rings. The Bertz CT molecular complexity index is 797. The van der Waals surface area contributed by atoms with Crippen molar-refractivity contribution in [2.45, 2.75) is 13.8 Å². The summed E-state index contributed by atoms with van der Waals surface area (Å²) in [6.07, 6.45) is 1.03. The van der Waals surface area contributed by atoms with E-state index in [0.717, 1.165) is 21.9 Å². The van der Waals surface area contributed by atoms with Gasteiger partial charge in [0.25, 0.3) is 5.56 Å². The highest BCUT2D eigenvalue weighted by Gasteiger charge is 2.15. The number of benzene rings is 1. The third-order valence-corrected chi connectivity index (χ3v) is 3.42. The molecule has 0 aliphatic rings. The highest BCUT2D eigenvalue weighted by molar-refractivity contribution is 9.10. The van der Waals surface area contributed by atoms with Gasteiger partial charge in [-0.2, -0.15) is 0 Å². The number of nitrogens with zero attached hydrogens (tertiary/aromatic N) is 1. The minimum Gasteiger partial charge on any atom is -0.477 e. The second kappa shape index (κ2) is 5.09. The van der Waals surface area contributed by atoms with E-state index in [-0.39, 0.29) is 0 Å². The van der Waals surface area contributed by atoms with Crippen LogP contribution in [0.3, 0.4) is 0 Å². The average molecular weight is 339 g/mol. The van der Waals surface area contributed by atoms with Crippen molar-refractivity contribution in [1.82, 2.24) is 9.55 Å². The van der Waals surface area contributed by atoms with Gasteiger partial charge in [-0.25, -0.2) is 9.59 Å². The number of halogens is 1. The highest BCUT2D eigenvalue weighted by Crippen LogP contribution is 2.25. The van der Waals surface area contributed by atoms with E-state index in [0.29, 0.717) is 10.2 Å². The molecule has 2 N–H and O–H groups in total. The van der Waals surface area contributed by atoms with Crippen molar-refractivity contribution in [3.05, 3.63) is 60.3 Å². The lowest BCUT2D eigenvalue weighted by Gasteiger charge is -2.12. The summed E-state index contributed by atoms with van der Waals surface area (Å²) in [7, 11) is 0. The van der Waals surface area contributed by atoms with Crippen LogP contribution in [0.2, 0.25) is 0 Å². The van der Waals surface area contributed by atoms with E-state index in [1.165, 1.54) is 0 Å². The van der Waals surface area contributed by atoms with Crippen LogP contribution in [-0.4, -0.2) is 20.6 Å². The molecule has 20 heavy (non-hydrogen) atoms. The van der Waals surface area contributed by atoms with Gasteiger partial charge in [-0.3, -0.25) is 14.3 Å². The molecule has 0 spiro atoms. The summed E-state index contributed by atoms with van der Waals surface area (Å²) in [4.78, 5) is 36.3. The van der Waals surface area contributed by atoms with Gasteiger partial charge >= 0.3 is 11.7 Å². The molecular weight excluding hydrogens is 328 g/mol. The Morgan fingerprint density at radius 1 is 1.30 bits per heavy atom. The van der Waals surface area contributed by atoms with Crippen LogP contribution in [0.5, 0.6) is 0 Å². The Hall–Kier alpha value is -2.15. The number of hydrogen-bond donors (Lipinski definition) is 2. The fraction of sp³-hybridized carbons (Fsp3) is 0.154. The lowest BCUT2D eigenvalue weighted by atomic mass is 10.1. The minimum absolute atomic E-state index is 0.489. The predicted molar refractivity (Wildman–Crippen MR) is 76.8 cm³/mol. The van der Waals surface area contributed by atoms with Crippen LogP contribution >= 0.6 is 15.9 Å². The molecule has 104 valence electrons. The second-order valence-electron chi connectivity index (χ2n) is 4.39. The zero-order chi connectivity index (χ0) is 15.0. The van der Waals surface area contributed by atoms with Crippen LogP contribution in [0.25, 0.3) is 5.69 Å².